The molecule has 0 radical (unpaired) electrons. The number of hydrogen-bond donors (Lipinski definition) is 2. The average Bonchev–Trinajstić information content (AvgIpc) is 3.05. The van der Waals surface area contributed by atoms with Crippen LogP contribution < -0.4 is 11.1 Å². The van der Waals surface area contributed by atoms with E-state index in [1.165, 1.54) is 25.7 Å². The largest absolute Gasteiger partial charge is 0.354 e. The maximum Gasteiger partial charge on any atom is 0.223 e. The molecule has 0 bridgehead atoms. The molecule has 2 aliphatic rings. The number of nitrogens with one attached hydrogen (secondary N) is 1. The van der Waals surface area contributed by atoms with Crippen molar-refractivity contribution >= 4 is 5.91 Å². The number of carbonyl (C=O) groups excluding carboxylic acids is 1. The summed E-state index contributed by atoms with van der Waals surface area (Å²) in [6.07, 6.45) is 8.25. The van der Waals surface area contributed by atoms with Gasteiger partial charge in [-0.15, -0.1) is 0 Å². The van der Waals surface area contributed by atoms with Gasteiger partial charge < -0.3 is 16.0 Å². The first kappa shape index (κ1) is 14.8. The van der Waals surface area contributed by atoms with Gasteiger partial charge in [0, 0.05) is 18.0 Å². The summed E-state index contributed by atoms with van der Waals surface area (Å²) in [7, 11) is 4.27. The Morgan fingerprint density at radius 1 is 1.26 bits per heavy atom. The van der Waals surface area contributed by atoms with Crippen LogP contribution in [0.25, 0.3) is 0 Å². The van der Waals surface area contributed by atoms with E-state index in [2.05, 4.69) is 24.3 Å². The highest BCUT2D eigenvalue weighted by molar-refractivity contribution is 5.79. The van der Waals surface area contributed by atoms with Gasteiger partial charge in [0.1, 0.15) is 0 Å². The summed E-state index contributed by atoms with van der Waals surface area (Å²) < 4.78 is 0. The first-order valence-electron chi connectivity index (χ1n) is 7.74. The van der Waals surface area contributed by atoms with Gasteiger partial charge in [-0.25, -0.2) is 0 Å². The fourth-order valence-electron chi connectivity index (χ4n) is 3.86. The topological polar surface area (TPSA) is 58.4 Å². The van der Waals surface area contributed by atoms with Gasteiger partial charge in [-0.05, 0) is 52.2 Å². The van der Waals surface area contributed by atoms with Crippen LogP contribution in [0, 0.1) is 11.8 Å². The molecule has 0 aromatic rings. The van der Waals surface area contributed by atoms with Crippen molar-refractivity contribution in [3.63, 3.8) is 0 Å². The molecule has 19 heavy (non-hydrogen) atoms. The SMILES string of the molecule is CN(C)C1(CNC(=O)[C@@H]2CCC[C@@H]2CN)CCCC1. The van der Waals surface area contributed by atoms with Crippen molar-refractivity contribution in [3.8, 4) is 0 Å². The van der Waals surface area contributed by atoms with Crippen LogP contribution in [0.5, 0.6) is 0 Å². The molecule has 3 N–H and O–H groups in total. The molecule has 1 amide bonds. The summed E-state index contributed by atoms with van der Waals surface area (Å²) in [6.45, 7) is 1.45. The van der Waals surface area contributed by atoms with Gasteiger partial charge in [-0.2, -0.15) is 0 Å². The number of hydrogen-bond acceptors (Lipinski definition) is 3. The van der Waals surface area contributed by atoms with Crippen LogP contribution in [0.2, 0.25) is 0 Å². The number of nitrogens with zero attached hydrogens (tertiary/aromatic N) is 1. The first-order chi connectivity index (χ1) is 9.09. The van der Waals surface area contributed by atoms with E-state index in [0.717, 1.165) is 25.8 Å². The fourth-order valence-corrected chi connectivity index (χ4v) is 3.86. The second-order valence-corrected chi connectivity index (χ2v) is 6.58. The van der Waals surface area contributed by atoms with E-state index in [4.69, 9.17) is 5.73 Å². The summed E-state index contributed by atoms with van der Waals surface area (Å²) >= 11 is 0. The molecule has 110 valence electrons. The van der Waals surface area contributed by atoms with Crippen molar-refractivity contribution in [2.75, 3.05) is 27.2 Å². The molecule has 0 unspecified atom stereocenters. The van der Waals surface area contributed by atoms with Crippen molar-refractivity contribution in [2.24, 2.45) is 17.6 Å². The Morgan fingerprint density at radius 2 is 1.95 bits per heavy atom. The molecule has 0 aromatic carbocycles. The summed E-state index contributed by atoms with van der Waals surface area (Å²) in [4.78, 5) is 14.7. The van der Waals surface area contributed by atoms with Crippen molar-refractivity contribution in [1.29, 1.82) is 0 Å². The van der Waals surface area contributed by atoms with E-state index in [-0.39, 0.29) is 17.4 Å². The van der Waals surface area contributed by atoms with E-state index in [0.29, 0.717) is 12.5 Å². The van der Waals surface area contributed by atoms with Gasteiger partial charge in [0.2, 0.25) is 5.91 Å². The van der Waals surface area contributed by atoms with Crippen molar-refractivity contribution < 1.29 is 4.79 Å². The van der Waals surface area contributed by atoms with E-state index >= 15 is 0 Å². The van der Waals surface area contributed by atoms with Crippen molar-refractivity contribution in [3.05, 3.63) is 0 Å². The Balaban J connectivity index is 1.89. The highest BCUT2D eigenvalue weighted by Crippen LogP contribution is 2.34. The summed E-state index contributed by atoms with van der Waals surface area (Å²) in [5, 5.41) is 3.22. The Hall–Kier alpha value is -0.610. The molecular weight excluding hydrogens is 238 g/mol. The molecule has 0 heterocycles. The summed E-state index contributed by atoms with van der Waals surface area (Å²) in [5.41, 5.74) is 5.95. The number of amides is 1. The van der Waals surface area contributed by atoms with Crippen LogP contribution >= 0.6 is 0 Å². The van der Waals surface area contributed by atoms with Crippen LogP contribution in [0.15, 0.2) is 0 Å². The van der Waals surface area contributed by atoms with E-state index in [1.54, 1.807) is 0 Å². The Morgan fingerprint density at radius 3 is 2.53 bits per heavy atom. The molecule has 0 aromatic heterocycles. The Labute approximate surface area is 117 Å². The molecule has 4 heteroatoms. The molecular formula is C15H29N3O. The van der Waals surface area contributed by atoms with Gasteiger partial charge in [0.15, 0.2) is 0 Å². The van der Waals surface area contributed by atoms with Crippen LogP contribution in [0.1, 0.15) is 44.9 Å². The number of rotatable bonds is 5. The normalized spacial score (nSPS) is 29.9. The Bertz CT molecular complexity index is 311. The zero-order valence-corrected chi connectivity index (χ0v) is 12.5. The third-order valence-corrected chi connectivity index (χ3v) is 5.37. The monoisotopic (exact) mass is 267 g/mol. The predicted octanol–water partition coefficient (Wildman–Crippen LogP) is 1.35. The molecule has 2 rings (SSSR count). The lowest BCUT2D eigenvalue weighted by Gasteiger charge is -2.37. The second kappa shape index (κ2) is 6.23. The number of nitrogens with two attached hydrogens (primary N) is 1. The minimum absolute atomic E-state index is 0.158. The van der Waals surface area contributed by atoms with Crippen LogP contribution in [0.3, 0.4) is 0 Å². The molecule has 2 aliphatic carbocycles. The zero-order chi connectivity index (χ0) is 13.9. The lowest BCUT2D eigenvalue weighted by Crippen LogP contribution is -2.52. The Kier molecular flexibility index (Phi) is 4.85. The molecule has 0 saturated heterocycles. The number of likely N-dealkylation sites (N-methyl/N-ethyl adjacent to an activating group) is 1. The maximum atomic E-state index is 12.4. The van der Waals surface area contributed by atoms with E-state index < -0.39 is 0 Å². The lowest BCUT2D eigenvalue weighted by molar-refractivity contribution is -0.126. The van der Waals surface area contributed by atoms with Gasteiger partial charge >= 0.3 is 0 Å². The summed E-state index contributed by atoms with van der Waals surface area (Å²) in [5.74, 6) is 0.797. The molecule has 2 fully saturated rings. The minimum atomic E-state index is 0.158. The molecule has 4 nitrogen and oxygen atoms in total. The molecule has 0 spiro atoms. The van der Waals surface area contributed by atoms with E-state index in [1.807, 2.05) is 0 Å². The zero-order valence-electron chi connectivity index (χ0n) is 12.5. The molecule has 0 aliphatic heterocycles. The predicted molar refractivity (Wildman–Crippen MR) is 77.8 cm³/mol. The smallest absolute Gasteiger partial charge is 0.223 e. The highest BCUT2D eigenvalue weighted by Gasteiger charge is 2.38. The maximum absolute atomic E-state index is 12.4. The van der Waals surface area contributed by atoms with Crippen LogP contribution in [0.4, 0.5) is 0 Å². The van der Waals surface area contributed by atoms with Gasteiger partial charge in [0.05, 0.1) is 0 Å². The van der Waals surface area contributed by atoms with Crippen molar-refractivity contribution in [1.82, 2.24) is 10.2 Å². The average molecular weight is 267 g/mol. The van der Waals surface area contributed by atoms with Gasteiger partial charge in [0.25, 0.3) is 0 Å². The summed E-state index contributed by atoms with van der Waals surface area (Å²) in [6, 6.07) is 0. The van der Waals surface area contributed by atoms with Gasteiger partial charge in [-0.1, -0.05) is 19.3 Å². The molecule has 2 atom stereocenters. The van der Waals surface area contributed by atoms with Crippen LogP contribution in [-0.4, -0.2) is 43.5 Å². The first-order valence-corrected chi connectivity index (χ1v) is 7.74. The second-order valence-electron chi connectivity index (χ2n) is 6.58. The van der Waals surface area contributed by atoms with Gasteiger partial charge in [-0.3, -0.25) is 4.79 Å². The third kappa shape index (κ3) is 3.11. The third-order valence-electron chi connectivity index (χ3n) is 5.37. The van der Waals surface area contributed by atoms with E-state index in [9.17, 15) is 4.79 Å². The standard InChI is InChI=1S/C15H29N3O/c1-18(2)15(8-3-4-9-15)11-17-14(19)13-7-5-6-12(13)10-16/h12-13H,3-11,16H2,1-2H3,(H,17,19)/t12-,13-/m1/s1. The molecule has 2 saturated carbocycles. The van der Waals surface area contributed by atoms with Crippen molar-refractivity contribution in [2.45, 2.75) is 50.5 Å². The van der Waals surface area contributed by atoms with Crippen LogP contribution in [-0.2, 0) is 4.79 Å². The number of carbonyl (C=O) groups is 1. The minimum Gasteiger partial charge on any atom is -0.354 e. The fraction of sp³-hybridized carbons (Fsp3) is 0.933. The quantitative estimate of drug-likeness (QED) is 0.790. The lowest BCUT2D eigenvalue weighted by atomic mass is 9.93. The highest BCUT2D eigenvalue weighted by atomic mass is 16.1.